The SMILES string of the molecule is Cc1c2c(-c3ccccc3)nc3cc(-c4cccnc4)ccc3c2c(C)c2c(-c3ccccc3)nc3ccccc3c12.Cc1c2c(-c3ccccc3)nc3cc(Br)ccc3c2c(C)c2c(-c3ccccc3)nc3ccccc3c12.OB(O)c1cccnc1. The van der Waals surface area contributed by atoms with Crippen LogP contribution in [0, 0.1) is 27.7 Å². The Morgan fingerprint density at radius 3 is 1.01 bits per heavy atom. The predicted molar refractivity (Wildman–Crippen MR) is 370 cm³/mol. The molecule has 0 amide bonds. The van der Waals surface area contributed by atoms with Crippen molar-refractivity contribution in [1.29, 1.82) is 0 Å². The Morgan fingerprint density at radius 2 is 0.636 bits per heavy atom. The van der Waals surface area contributed by atoms with Crippen molar-refractivity contribution in [2.45, 2.75) is 27.7 Å². The maximum Gasteiger partial charge on any atom is 0.490 e. The summed E-state index contributed by atoms with van der Waals surface area (Å²) in [6.45, 7) is 9.03. The van der Waals surface area contributed by atoms with Gasteiger partial charge in [-0.25, -0.2) is 19.9 Å². The Hall–Kier alpha value is -10.4. The first kappa shape index (κ1) is 55.5. The summed E-state index contributed by atoms with van der Waals surface area (Å²) in [6, 6.07) is 79.6. The average Bonchev–Trinajstić information content (AvgIpc) is 0.762. The van der Waals surface area contributed by atoms with E-state index in [0.29, 0.717) is 5.46 Å². The van der Waals surface area contributed by atoms with Crippen LogP contribution in [-0.2, 0) is 0 Å². The van der Waals surface area contributed by atoms with Crippen LogP contribution in [-0.4, -0.2) is 47.1 Å². The van der Waals surface area contributed by atoms with Gasteiger partial charge in [0.2, 0.25) is 0 Å². The Morgan fingerprint density at radius 1 is 0.295 bits per heavy atom. The van der Waals surface area contributed by atoms with Crippen LogP contribution in [0.15, 0.2) is 260 Å². The first-order valence-electron chi connectivity index (χ1n) is 29.3. The van der Waals surface area contributed by atoms with E-state index in [1.54, 1.807) is 18.3 Å². The summed E-state index contributed by atoms with van der Waals surface area (Å²) < 4.78 is 1.03. The number of aryl methyl sites for hydroxylation is 4. The third-order valence-electron chi connectivity index (χ3n) is 16.9. The number of fused-ring (bicyclic) bond motifs is 12. The third-order valence-corrected chi connectivity index (χ3v) is 17.4. The summed E-state index contributed by atoms with van der Waals surface area (Å²) >= 11 is 3.67. The minimum absolute atomic E-state index is 0.414. The van der Waals surface area contributed by atoms with Crippen molar-refractivity contribution in [2.24, 2.45) is 0 Å². The zero-order valence-corrected chi connectivity index (χ0v) is 50.4. The summed E-state index contributed by atoms with van der Waals surface area (Å²) in [6.07, 6.45) is 6.70. The molecule has 0 unspecified atom stereocenters. The molecule has 10 heteroatoms. The van der Waals surface area contributed by atoms with Crippen LogP contribution in [0.5, 0.6) is 0 Å². The summed E-state index contributed by atoms with van der Waals surface area (Å²) in [5.74, 6) is 0. The zero-order valence-electron chi connectivity index (χ0n) is 48.8. The molecule has 8 nitrogen and oxygen atoms in total. The molecule has 0 saturated heterocycles. The molecule has 16 aromatic rings. The van der Waals surface area contributed by atoms with Gasteiger partial charge in [-0.3, -0.25) is 9.97 Å². The Labute approximate surface area is 517 Å². The molecule has 16 rings (SSSR count). The van der Waals surface area contributed by atoms with E-state index in [2.05, 4.69) is 266 Å². The molecule has 0 aliphatic heterocycles. The number of hydrogen-bond donors (Lipinski definition) is 2. The molecule has 0 atom stereocenters. The molecule has 0 bridgehead atoms. The van der Waals surface area contributed by atoms with Gasteiger partial charge in [0.15, 0.2) is 0 Å². The monoisotopic (exact) mass is 1200 g/mol. The van der Waals surface area contributed by atoms with Crippen molar-refractivity contribution in [1.82, 2.24) is 29.9 Å². The van der Waals surface area contributed by atoms with E-state index in [1.807, 2.05) is 18.5 Å². The zero-order chi connectivity index (χ0) is 60.0. The molecule has 2 N–H and O–H groups in total. The Balaban J connectivity index is 0.000000136. The molecule has 420 valence electrons. The van der Waals surface area contributed by atoms with Crippen LogP contribution in [0.4, 0.5) is 0 Å². The van der Waals surface area contributed by atoms with Gasteiger partial charge in [0.1, 0.15) is 0 Å². The van der Waals surface area contributed by atoms with Crippen LogP contribution in [0.25, 0.3) is 143 Å². The molecule has 0 fully saturated rings. The maximum absolute atomic E-state index is 8.54. The van der Waals surface area contributed by atoms with Gasteiger partial charge in [0, 0.05) is 106 Å². The van der Waals surface area contributed by atoms with Crippen LogP contribution in [0.3, 0.4) is 0 Å². The number of benzene rings is 10. The van der Waals surface area contributed by atoms with Gasteiger partial charge >= 0.3 is 7.12 Å². The van der Waals surface area contributed by atoms with Crippen molar-refractivity contribution in [3.05, 3.63) is 282 Å². The summed E-state index contributed by atoms with van der Waals surface area (Å²) in [5, 5.41) is 31.5. The van der Waals surface area contributed by atoms with Crippen molar-refractivity contribution in [2.75, 3.05) is 0 Å². The summed E-state index contributed by atoms with van der Waals surface area (Å²) in [4.78, 5) is 29.2. The predicted octanol–water partition coefficient (Wildman–Crippen LogP) is 18.7. The molecule has 6 aromatic heterocycles. The van der Waals surface area contributed by atoms with E-state index in [9.17, 15) is 0 Å². The van der Waals surface area contributed by atoms with E-state index in [0.717, 1.165) is 93.5 Å². The van der Waals surface area contributed by atoms with Gasteiger partial charge < -0.3 is 10.0 Å². The molecule has 0 aliphatic carbocycles. The third kappa shape index (κ3) is 9.97. The molecule has 88 heavy (non-hydrogen) atoms. The van der Waals surface area contributed by atoms with Crippen molar-refractivity contribution in [3.63, 3.8) is 0 Å². The lowest BCUT2D eigenvalue weighted by Gasteiger charge is -2.21. The molecular formula is C78H56BBrN6O2. The normalized spacial score (nSPS) is 11.4. The fraction of sp³-hybridized carbons (Fsp3) is 0.0513. The Kier molecular flexibility index (Phi) is 14.8. The number of nitrogens with zero attached hydrogens (tertiary/aromatic N) is 6. The van der Waals surface area contributed by atoms with Gasteiger partial charge in [0.05, 0.1) is 44.8 Å². The molecule has 10 aromatic carbocycles. The van der Waals surface area contributed by atoms with Gasteiger partial charge in [-0.05, 0) is 120 Å². The second kappa shape index (κ2) is 23.5. The average molecular weight is 1200 g/mol. The second-order valence-electron chi connectivity index (χ2n) is 22.1. The fourth-order valence-corrected chi connectivity index (χ4v) is 13.3. The van der Waals surface area contributed by atoms with Crippen LogP contribution < -0.4 is 5.46 Å². The summed E-state index contributed by atoms with van der Waals surface area (Å²) in [5.41, 5.74) is 20.0. The van der Waals surface area contributed by atoms with Gasteiger partial charge in [-0.15, -0.1) is 0 Å². The number of aromatic nitrogens is 6. The highest BCUT2D eigenvalue weighted by atomic mass is 79.9. The molecular weight excluding hydrogens is 1140 g/mol. The first-order chi connectivity index (χ1) is 43.1. The van der Waals surface area contributed by atoms with E-state index >= 15 is 0 Å². The minimum Gasteiger partial charge on any atom is -0.423 e. The molecule has 0 saturated carbocycles. The highest BCUT2D eigenvalue weighted by Gasteiger charge is 2.25. The van der Waals surface area contributed by atoms with E-state index in [4.69, 9.17) is 30.0 Å². The highest BCUT2D eigenvalue weighted by Crippen LogP contribution is 2.48. The highest BCUT2D eigenvalue weighted by molar-refractivity contribution is 9.10. The largest absolute Gasteiger partial charge is 0.490 e. The second-order valence-corrected chi connectivity index (χ2v) is 23.1. The topological polar surface area (TPSA) is 118 Å². The standard InChI is InChI=1S/C39H27N3.C34H23BrN2.C5H6BNO2/c1-24-34-30-17-9-10-18-32(30)41-38(26-12-5-3-6-13-26)36(34)25(2)35-31-20-19-28(29-16-11-21-40-23-29)22-33(31)42-39(37(24)35)27-14-7-4-8-15-27;1-20-29-25-15-9-10-16-27(25)36-33(22-11-5-3-6-12-22)31(29)21(2)30-26-18-17-24(35)19-28(26)37-34(32(20)30)23-13-7-4-8-14-23;8-6(9)5-2-1-3-7-4-5/h3-23H,1-2H3;3-19H,1-2H3;1-4,8-9H. The number of halogens is 1. The van der Waals surface area contributed by atoms with Gasteiger partial charge in [-0.1, -0.05) is 204 Å². The van der Waals surface area contributed by atoms with E-state index in [-0.39, 0.29) is 0 Å². The summed E-state index contributed by atoms with van der Waals surface area (Å²) in [7, 11) is -1.40. The molecule has 0 aliphatic rings. The molecule has 0 spiro atoms. The van der Waals surface area contributed by atoms with Crippen molar-refractivity contribution in [3.8, 4) is 56.2 Å². The van der Waals surface area contributed by atoms with E-state index in [1.165, 1.54) is 82.3 Å². The van der Waals surface area contributed by atoms with Crippen molar-refractivity contribution < 1.29 is 10.0 Å². The Bertz CT molecular complexity index is 5340. The molecule has 0 radical (unpaired) electrons. The smallest absolute Gasteiger partial charge is 0.423 e. The van der Waals surface area contributed by atoms with E-state index < -0.39 is 7.12 Å². The lowest BCUT2D eigenvalue weighted by atomic mass is 9.82. The number of hydrogen-bond acceptors (Lipinski definition) is 8. The lowest BCUT2D eigenvalue weighted by molar-refractivity contribution is 0.425. The fourth-order valence-electron chi connectivity index (χ4n) is 12.9. The quantitative estimate of drug-likeness (QED) is 0.0960. The van der Waals surface area contributed by atoms with Crippen molar-refractivity contribution >= 4 is 115 Å². The number of pyridine rings is 6. The van der Waals surface area contributed by atoms with Gasteiger partial charge in [0.25, 0.3) is 0 Å². The van der Waals surface area contributed by atoms with Crippen LogP contribution >= 0.6 is 15.9 Å². The number of para-hydroxylation sites is 2. The van der Waals surface area contributed by atoms with Crippen LogP contribution in [0.1, 0.15) is 22.3 Å². The molecule has 6 heterocycles. The lowest BCUT2D eigenvalue weighted by Crippen LogP contribution is -2.29. The maximum atomic E-state index is 8.54. The first-order valence-corrected chi connectivity index (χ1v) is 30.1. The van der Waals surface area contributed by atoms with Crippen LogP contribution in [0.2, 0.25) is 0 Å². The number of rotatable bonds is 6. The van der Waals surface area contributed by atoms with Gasteiger partial charge in [-0.2, -0.15) is 0 Å². The minimum atomic E-state index is -1.40.